The second-order valence-corrected chi connectivity index (χ2v) is 7.66. The van der Waals surface area contributed by atoms with Crippen LogP contribution in [0.25, 0.3) is 33.9 Å². The average Bonchev–Trinajstić information content (AvgIpc) is 3.14. The number of hydrogen-bond donors (Lipinski definition) is 0. The Balaban J connectivity index is 1.60. The maximum absolute atomic E-state index is 4.83. The van der Waals surface area contributed by atoms with Gasteiger partial charge in [0.25, 0.3) is 0 Å². The van der Waals surface area contributed by atoms with Gasteiger partial charge in [-0.2, -0.15) is 0 Å². The van der Waals surface area contributed by atoms with Crippen LogP contribution < -0.4 is 0 Å². The predicted molar refractivity (Wildman–Crippen MR) is 130 cm³/mol. The standard InChI is InChI=1S/C29H21N3/c1-21-10-9-15-26(20-21)29-31-27(24-13-5-2-3-6-14-24)30-28(32-29)25-18-16-23(17-19-25)22-11-7-4-8-12-22/h2-5,7-13,15-20,24H,1H3. The van der Waals surface area contributed by atoms with Crippen LogP contribution in [0.2, 0.25) is 0 Å². The smallest absolute Gasteiger partial charge is 0.163 e. The van der Waals surface area contributed by atoms with Crippen LogP contribution in [0.15, 0.2) is 103 Å². The number of hydrogen-bond acceptors (Lipinski definition) is 3. The summed E-state index contributed by atoms with van der Waals surface area (Å²) < 4.78 is 0. The lowest BCUT2D eigenvalue weighted by molar-refractivity contribution is 0.900. The molecule has 1 heterocycles. The van der Waals surface area contributed by atoms with Gasteiger partial charge in [-0.15, -0.1) is 0 Å². The van der Waals surface area contributed by atoms with Crippen LogP contribution >= 0.6 is 0 Å². The first-order chi connectivity index (χ1) is 15.8. The van der Waals surface area contributed by atoms with Crippen molar-refractivity contribution in [2.75, 3.05) is 0 Å². The van der Waals surface area contributed by atoms with Crippen molar-refractivity contribution >= 4 is 0 Å². The Hall–Kier alpha value is -4.29. The largest absolute Gasteiger partial charge is 0.211 e. The summed E-state index contributed by atoms with van der Waals surface area (Å²) in [6.45, 7) is 2.07. The van der Waals surface area contributed by atoms with Crippen molar-refractivity contribution < 1.29 is 0 Å². The zero-order chi connectivity index (χ0) is 21.8. The molecule has 3 heteroatoms. The lowest BCUT2D eigenvalue weighted by Crippen LogP contribution is -2.06. The first kappa shape index (κ1) is 19.7. The SMILES string of the molecule is Cc1cccc(-c2nc(-c3ccc(-c4ccccc4)cc3)nc(C3C#CC=CC=C3)n2)c1. The maximum Gasteiger partial charge on any atom is 0.163 e. The Morgan fingerprint density at radius 1 is 0.656 bits per heavy atom. The van der Waals surface area contributed by atoms with Gasteiger partial charge in [0.1, 0.15) is 0 Å². The molecular weight excluding hydrogens is 390 g/mol. The number of allylic oxidation sites excluding steroid dienone is 4. The monoisotopic (exact) mass is 411 g/mol. The van der Waals surface area contributed by atoms with Crippen molar-refractivity contribution in [1.29, 1.82) is 0 Å². The number of benzene rings is 3. The van der Waals surface area contributed by atoms with Crippen molar-refractivity contribution in [3.8, 4) is 45.7 Å². The maximum atomic E-state index is 4.83. The summed E-state index contributed by atoms with van der Waals surface area (Å²) in [6.07, 6.45) is 7.76. The number of nitrogens with zero attached hydrogens (tertiary/aromatic N) is 3. The summed E-state index contributed by atoms with van der Waals surface area (Å²) in [7, 11) is 0. The highest BCUT2D eigenvalue weighted by molar-refractivity contribution is 5.68. The fourth-order valence-electron chi connectivity index (χ4n) is 3.63. The molecule has 0 fully saturated rings. The number of aryl methyl sites for hydroxylation is 1. The molecule has 4 aromatic rings. The highest BCUT2D eigenvalue weighted by Crippen LogP contribution is 2.26. The molecule has 3 nitrogen and oxygen atoms in total. The van der Waals surface area contributed by atoms with Gasteiger partial charge in [-0.05, 0) is 30.2 Å². The summed E-state index contributed by atoms with van der Waals surface area (Å²) >= 11 is 0. The molecule has 0 radical (unpaired) electrons. The normalized spacial score (nSPS) is 14.5. The lowest BCUT2D eigenvalue weighted by atomic mass is 10.0. The molecular formula is C29H21N3. The second kappa shape index (κ2) is 8.83. The van der Waals surface area contributed by atoms with Gasteiger partial charge in [0.2, 0.25) is 0 Å². The number of rotatable bonds is 4. The topological polar surface area (TPSA) is 38.7 Å². The molecule has 0 bridgehead atoms. The minimum absolute atomic E-state index is 0.182. The first-order valence-electron chi connectivity index (χ1n) is 10.6. The fourth-order valence-corrected chi connectivity index (χ4v) is 3.63. The molecule has 0 aliphatic heterocycles. The molecule has 0 spiro atoms. The summed E-state index contributed by atoms with van der Waals surface area (Å²) in [5.41, 5.74) is 5.43. The van der Waals surface area contributed by atoms with E-state index in [0.717, 1.165) is 22.3 Å². The molecule has 0 saturated carbocycles. The fraction of sp³-hybridized carbons (Fsp3) is 0.0690. The third-order valence-corrected chi connectivity index (χ3v) is 5.29. The molecule has 0 saturated heterocycles. The van der Waals surface area contributed by atoms with E-state index < -0.39 is 0 Å². The summed E-state index contributed by atoms with van der Waals surface area (Å²) in [4.78, 5) is 14.4. The van der Waals surface area contributed by atoms with Gasteiger partial charge in [0, 0.05) is 11.1 Å². The minimum atomic E-state index is -0.182. The Kier molecular flexibility index (Phi) is 5.43. The van der Waals surface area contributed by atoms with E-state index in [1.165, 1.54) is 5.56 Å². The Morgan fingerprint density at radius 3 is 2.12 bits per heavy atom. The Bertz CT molecular complexity index is 1370. The molecule has 0 N–H and O–H groups in total. The highest BCUT2D eigenvalue weighted by atomic mass is 15.0. The van der Waals surface area contributed by atoms with E-state index in [9.17, 15) is 0 Å². The number of aromatic nitrogens is 3. The van der Waals surface area contributed by atoms with E-state index in [0.29, 0.717) is 17.5 Å². The zero-order valence-electron chi connectivity index (χ0n) is 17.7. The zero-order valence-corrected chi connectivity index (χ0v) is 17.7. The Morgan fingerprint density at radius 2 is 1.34 bits per heavy atom. The van der Waals surface area contributed by atoms with Crippen molar-refractivity contribution in [3.63, 3.8) is 0 Å². The molecule has 32 heavy (non-hydrogen) atoms. The summed E-state index contributed by atoms with van der Waals surface area (Å²) in [5, 5.41) is 0. The third kappa shape index (κ3) is 4.26. The van der Waals surface area contributed by atoms with E-state index in [4.69, 9.17) is 15.0 Å². The van der Waals surface area contributed by atoms with E-state index in [1.807, 2.05) is 54.6 Å². The molecule has 0 amide bonds. The van der Waals surface area contributed by atoms with Crippen LogP contribution in [-0.4, -0.2) is 15.0 Å². The summed E-state index contributed by atoms with van der Waals surface area (Å²) in [6, 6.07) is 26.9. The van der Waals surface area contributed by atoms with Crippen LogP contribution in [0.1, 0.15) is 17.3 Å². The average molecular weight is 412 g/mol. The third-order valence-electron chi connectivity index (χ3n) is 5.29. The van der Waals surface area contributed by atoms with Crippen molar-refractivity contribution in [2.45, 2.75) is 12.8 Å². The van der Waals surface area contributed by atoms with Gasteiger partial charge in [0.15, 0.2) is 17.5 Å². The van der Waals surface area contributed by atoms with Crippen LogP contribution in [0.5, 0.6) is 0 Å². The van der Waals surface area contributed by atoms with Gasteiger partial charge in [0.05, 0.1) is 5.92 Å². The van der Waals surface area contributed by atoms with E-state index in [-0.39, 0.29) is 5.92 Å². The van der Waals surface area contributed by atoms with Crippen molar-refractivity contribution in [3.05, 3.63) is 115 Å². The van der Waals surface area contributed by atoms with Crippen LogP contribution in [0.4, 0.5) is 0 Å². The molecule has 1 aliphatic rings. The summed E-state index contributed by atoms with van der Waals surface area (Å²) in [5.74, 6) is 8.07. The van der Waals surface area contributed by atoms with E-state index in [2.05, 4.69) is 67.3 Å². The van der Waals surface area contributed by atoms with Gasteiger partial charge in [-0.3, -0.25) is 0 Å². The highest BCUT2D eigenvalue weighted by Gasteiger charge is 2.16. The van der Waals surface area contributed by atoms with Crippen LogP contribution in [-0.2, 0) is 0 Å². The van der Waals surface area contributed by atoms with E-state index >= 15 is 0 Å². The van der Waals surface area contributed by atoms with Gasteiger partial charge >= 0.3 is 0 Å². The molecule has 1 atom stereocenters. The van der Waals surface area contributed by atoms with E-state index in [1.54, 1.807) is 0 Å². The molecule has 1 unspecified atom stereocenters. The molecule has 3 aromatic carbocycles. The van der Waals surface area contributed by atoms with Crippen LogP contribution in [0, 0.1) is 18.8 Å². The molecule has 1 aliphatic carbocycles. The van der Waals surface area contributed by atoms with Gasteiger partial charge in [-0.1, -0.05) is 108 Å². The van der Waals surface area contributed by atoms with Crippen molar-refractivity contribution in [1.82, 2.24) is 15.0 Å². The predicted octanol–water partition coefficient (Wildman–Crippen LogP) is 6.39. The molecule has 152 valence electrons. The Labute approximate surface area is 188 Å². The van der Waals surface area contributed by atoms with Gasteiger partial charge < -0.3 is 0 Å². The van der Waals surface area contributed by atoms with Crippen LogP contribution in [0.3, 0.4) is 0 Å². The second-order valence-electron chi connectivity index (χ2n) is 7.66. The van der Waals surface area contributed by atoms with Crippen molar-refractivity contribution in [2.24, 2.45) is 0 Å². The lowest BCUT2D eigenvalue weighted by Gasteiger charge is -2.11. The molecule has 5 rings (SSSR count). The molecule has 1 aromatic heterocycles. The quantitative estimate of drug-likeness (QED) is 0.365. The minimum Gasteiger partial charge on any atom is -0.211 e. The first-order valence-corrected chi connectivity index (χ1v) is 10.6. The van der Waals surface area contributed by atoms with Gasteiger partial charge in [-0.25, -0.2) is 15.0 Å².